The highest BCUT2D eigenvalue weighted by atomic mass is 35.5. The molecule has 0 radical (unpaired) electrons. The number of carbonyl (C=O) groups is 1. The van der Waals surface area contributed by atoms with Gasteiger partial charge in [0.25, 0.3) is 0 Å². The van der Waals surface area contributed by atoms with Crippen LogP contribution in [0.5, 0.6) is 0 Å². The number of allylic oxidation sites excluding steroid dienone is 1. The molecule has 0 bridgehead atoms. The minimum Gasteiger partial charge on any atom is -0.481 e. The highest BCUT2D eigenvalue weighted by molar-refractivity contribution is 6.30. The van der Waals surface area contributed by atoms with E-state index in [0.29, 0.717) is 30.1 Å². The maximum Gasteiger partial charge on any atom is 0.306 e. The van der Waals surface area contributed by atoms with E-state index in [0.717, 1.165) is 36.1 Å². The van der Waals surface area contributed by atoms with Crippen LogP contribution in [0.4, 0.5) is 4.39 Å². The Kier molecular flexibility index (Phi) is 4.91. The van der Waals surface area contributed by atoms with Crippen LogP contribution >= 0.6 is 11.6 Å². The third-order valence-corrected chi connectivity index (χ3v) is 5.67. The van der Waals surface area contributed by atoms with Crippen LogP contribution in [0, 0.1) is 17.7 Å². The molecule has 1 saturated carbocycles. The third kappa shape index (κ3) is 3.58. The molecule has 0 amide bonds. The van der Waals surface area contributed by atoms with Crippen LogP contribution in [0.25, 0.3) is 5.57 Å². The van der Waals surface area contributed by atoms with E-state index in [9.17, 15) is 14.3 Å². The molecule has 2 aliphatic carbocycles. The largest absolute Gasteiger partial charge is 0.481 e. The maximum atomic E-state index is 14.4. The first-order valence-corrected chi connectivity index (χ1v) is 9.50. The molecule has 5 nitrogen and oxygen atoms in total. The summed E-state index contributed by atoms with van der Waals surface area (Å²) >= 11 is 6.06. The van der Waals surface area contributed by atoms with E-state index in [4.69, 9.17) is 11.6 Å². The SMILES string of the molecule is O=C(O)[C@H]1CCCC[C@H]1Cc1nc(C2=CCc3ncc(Cl)cc32)ncc1F. The van der Waals surface area contributed by atoms with Gasteiger partial charge < -0.3 is 5.11 Å². The number of nitrogens with zero attached hydrogens (tertiary/aromatic N) is 3. The van der Waals surface area contributed by atoms with Crippen molar-refractivity contribution >= 4 is 23.1 Å². The molecule has 4 rings (SSSR count). The summed E-state index contributed by atoms with van der Waals surface area (Å²) < 4.78 is 14.4. The molecule has 2 heterocycles. The monoisotopic (exact) mass is 387 g/mol. The van der Waals surface area contributed by atoms with E-state index in [2.05, 4.69) is 15.0 Å². The van der Waals surface area contributed by atoms with Crippen molar-refractivity contribution in [2.75, 3.05) is 0 Å². The van der Waals surface area contributed by atoms with Gasteiger partial charge in [-0.15, -0.1) is 0 Å². The van der Waals surface area contributed by atoms with Crippen molar-refractivity contribution in [1.29, 1.82) is 0 Å². The van der Waals surface area contributed by atoms with Crippen molar-refractivity contribution in [2.24, 2.45) is 11.8 Å². The van der Waals surface area contributed by atoms with Gasteiger partial charge in [0.2, 0.25) is 0 Å². The average Bonchev–Trinajstić information content (AvgIpc) is 3.07. The van der Waals surface area contributed by atoms with Crippen LogP contribution in [0.1, 0.15) is 48.5 Å². The van der Waals surface area contributed by atoms with Gasteiger partial charge in [0.05, 0.1) is 28.5 Å². The van der Waals surface area contributed by atoms with E-state index in [-0.39, 0.29) is 11.6 Å². The average molecular weight is 388 g/mol. The molecular formula is C20H19ClFN3O2. The van der Waals surface area contributed by atoms with Gasteiger partial charge in [-0.1, -0.05) is 30.5 Å². The first kappa shape index (κ1) is 18.0. The summed E-state index contributed by atoms with van der Waals surface area (Å²) in [6, 6.07) is 1.82. The number of aromatic nitrogens is 3. The van der Waals surface area contributed by atoms with E-state index < -0.39 is 17.7 Å². The number of rotatable bonds is 4. The van der Waals surface area contributed by atoms with Gasteiger partial charge in [-0.2, -0.15) is 0 Å². The Morgan fingerprint density at radius 2 is 2.07 bits per heavy atom. The lowest BCUT2D eigenvalue weighted by Crippen LogP contribution is -2.29. The first-order chi connectivity index (χ1) is 13.0. The summed E-state index contributed by atoms with van der Waals surface area (Å²) in [6.07, 6.45) is 9.00. The second-order valence-corrected chi connectivity index (χ2v) is 7.59. The van der Waals surface area contributed by atoms with Gasteiger partial charge in [-0.3, -0.25) is 9.78 Å². The van der Waals surface area contributed by atoms with Crippen LogP contribution in [-0.4, -0.2) is 26.0 Å². The number of carboxylic acids is 1. The van der Waals surface area contributed by atoms with Gasteiger partial charge in [0.1, 0.15) is 0 Å². The van der Waals surface area contributed by atoms with Crippen molar-refractivity contribution in [1.82, 2.24) is 15.0 Å². The Morgan fingerprint density at radius 1 is 1.26 bits per heavy atom. The molecule has 7 heteroatoms. The minimum absolute atomic E-state index is 0.102. The Bertz CT molecular complexity index is 931. The lowest BCUT2D eigenvalue weighted by atomic mass is 9.77. The second-order valence-electron chi connectivity index (χ2n) is 7.15. The van der Waals surface area contributed by atoms with Crippen LogP contribution in [-0.2, 0) is 17.6 Å². The first-order valence-electron chi connectivity index (χ1n) is 9.12. The number of hydrogen-bond acceptors (Lipinski definition) is 4. The molecule has 1 N–H and O–H groups in total. The molecule has 2 aromatic rings. The van der Waals surface area contributed by atoms with Gasteiger partial charge in [0.15, 0.2) is 11.6 Å². The van der Waals surface area contributed by atoms with Gasteiger partial charge >= 0.3 is 5.97 Å². The second kappa shape index (κ2) is 7.35. The lowest BCUT2D eigenvalue weighted by molar-refractivity contribution is -0.144. The lowest BCUT2D eigenvalue weighted by Gasteiger charge is -2.28. The molecule has 0 saturated heterocycles. The van der Waals surface area contributed by atoms with Gasteiger partial charge in [-0.05, 0) is 31.2 Å². The number of carboxylic acid groups (broad SMARTS) is 1. The van der Waals surface area contributed by atoms with Gasteiger partial charge in [0, 0.05) is 23.8 Å². The molecule has 1 fully saturated rings. The van der Waals surface area contributed by atoms with E-state index in [1.165, 1.54) is 6.20 Å². The van der Waals surface area contributed by atoms with Crippen molar-refractivity contribution < 1.29 is 14.3 Å². The zero-order chi connectivity index (χ0) is 19.0. The maximum absolute atomic E-state index is 14.4. The molecule has 140 valence electrons. The summed E-state index contributed by atoms with van der Waals surface area (Å²) in [7, 11) is 0. The number of fused-ring (bicyclic) bond motifs is 1. The van der Waals surface area contributed by atoms with Crippen LogP contribution in [0.2, 0.25) is 5.02 Å². The van der Waals surface area contributed by atoms with Crippen LogP contribution < -0.4 is 0 Å². The molecular weight excluding hydrogens is 369 g/mol. The fourth-order valence-electron chi connectivity index (χ4n) is 4.08. The molecule has 27 heavy (non-hydrogen) atoms. The highest BCUT2D eigenvalue weighted by Crippen LogP contribution is 2.34. The van der Waals surface area contributed by atoms with Crippen molar-refractivity contribution in [2.45, 2.75) is 38.5 Å². The van der Waals surface area contributed by atoms with Crippen LogP contribution in [0.3, 0.4) is 0 Å². The predicted molar refractivity (Wildman–Crippen MR) is 98.8 cm³/mol. The molecule has 2 aromatic heterocycles. The summed E-state index contributed by atoms with van der Waals surface area (Å²) in [5, 5.41) is 9.99. The van der Waals surface area contributed by atoms with Gasteiger partial charge in [-0.25, -0.2) is 14.4 Å². The fourth-order valence-corrected chi connectivity index (χ4v) is 4.24. The standard InChI is InChI=1S/C20H19ClFN3O2/c21-12-8-15-14(5-6-17(15)23-9-12)19-24-10-16(22)18(25-19)7-11-3-1-2-4-13(11)20(26)27/h5,8-11,13H,1-4,6-7H2,(H,26,27)/t11-,13-/m0/s1. The van der Waals surface area contributed by atoms with E-state index in [1.807, 2.05) is 12.1 Å². The Labute approximate surface area is 161 Å². The van der Waals surface area contributed by atoms with E-state index >= 15 is 0 Å². The normalized spacial score (nSPS) is 21.6. The zero-order valence-corrected chi connectivity index (χ0v) is 15.4. The predicted octanol–water partition coefficient (Wildman–Crippen LogP) is 4.09. The topological polar surface area (TPSA) is 76.0 Å². The summed E-state index contributed by atoms with van der Waals surface area (Å²) in [5.41, 5.74) is 2.82. The third-order valence-electron chi connectivity index (χ3n) is 5.47. The molecule has 0 unspecified atom stereocenters. The van der Waals surface area contributed by atoms with Crippen molar-refractivity contribution in [3.05, 3.63) is 58.2 Å². The fraction of sp³-hybridized carbons (Fsp3) is 0.400. The number of aliphatic carboxylic acids is 1. The molecule has 2 aliphatic rings. The summed E-state index contributed by atoms with van der Waals surface area (Å²) in [4.78, 5) is 24.5. The van der Waals surface area contributed by atoms with E-state index in [1.54, 1.807) is 6.20 Å². The number of hydrogen-bond donors (Lipinski definition) is 1. The quantitative estimate of drug-likeness (QED) is 0.855. The number of halogens is 2. The minimum atomic E-state index is -0.803. The molecule has 2 atom stereocenters. The smallest absolute Gasteiger partial charge is 0.306 e. The van der Waals surface area contributed by atoms with Crippen molar-refractivity contribution in [3.63, 3.8) is 0 Å². The Hall–Kier alpha value is -2.34. The summed E-state index contributed by atoms with van der Waals surface area (Å²) in [6.45, 7) is 0. The zero-order valence-electron chi connectivity index (χ0n) is 14.7. The molecule has 0 spiro atoms. The Balaban J connectivity index is 1.63. The Morgan fingerprint density at radius 3 is 2.89 bits per heavy atom. The molecule has 0 aromatic carbocycles. The summed E-state index contributed by atoms with van der Waals surface area (Å²) in [5.74, 6) is -1.41. The highest BCUT2D eigenvalue weighted by Gasteiger charge is 2.32. The molecule has 0 aliphatic heterocycles. The number of pyridine rings is 1. The van der Waals surface area contributed by atoms with Crippen molar-refractivity contribution in [3.8, 4) is 0 Å². The van der Waals surface area contributed by atoms with Crippen LogP contribution in [0.15, 0.2) is 24.5 Å².